The molecular formula is C13H10BrF2NO2S. The lowest BCUT2D eigenvalue weighted by Crippen LogP contribution is -2.14. The van der Waals surface area contributed by atoms with Crippen LogP contribution in [0.1, 0.15) is 5.56 Å². The van der Waals surface area contributed by atoms with Gasteiger partial charge in [-0.25, -0.2) is 17.2 Å². The molecule has 0 fully saturated rings. The zero-order valence-corrected chi connectivity index (χ0v) is 12.7. The van der Waals surface area contributed by atoms with Crippen LogP contribution in [0.15, 0.2) is 45.8 Å². The largest absolute Gasteiger partial charge is 0.277 e. The van der Waals surface area contributed by atoms with Gasteiger partial charge in [-0.05, 0) is 41.1 Å². The van der Waals surface area contributed by atoms with E-state index in [9.17, 15) is 17.2 Å². The van der Waals surface area contributed by atoms with Crippen LogP contribution >= 0.6 is 15.9 Å². The first-order valence-corrected chi connectivity index (χ1v) is 7.81. The Kier molecular flexibility index (Phi) is 4.10. The summed E-state index contributed by atoms with van der Waals surface area (Å²) in [5.41, 5.74) is 0.582. The van der Waals surface area contributed by atoms with Gasteiger partial charge in [0.1, 0.15) is 11.6 Å². The Morgan fingerprint density at radius 3 is 2.25 bits per heavy atom. The van der Waals surface area contributed by atoms with Gasteiger partial charge in [0.15, 0.2) is 0 Å². The molecule has 20 heavy (non-hydrogen) atoms. The lowest BCUT2D eigenvalue weighted by molar-refractivity contribution is 0.579. The van der Waals surface area contributed by atoms with Crippen molar-refractivity contribution in [2.45, 2.75) is 11.8 Å². The Bertz CT molecular complexity index is 746. The van der Waals surface area contributed by atoms with Crippen LogP contribution in [0.3, 0.4) is 0 Å². The Morgan fingerprint density at radius 2 is 1.65 bits per heavy atom. The van der Waals surface area contributed by atoms with Crippen LogP contribution in [0, 0.1) is 18.6 Å². The summed E-state index contributed by atoms with van der Waals surface area (Å²) in [6.45, 7) is 1.82. The molecule has 2 rings (SSSR count). The fourth-order valence-corrected chi connectivity index (χ4v) is 2.92. The third-order valence-corrected chi connectivity index (χ3v) is 4.57. The maximum Gasteiger partial charge on any atom is 0.261 e. The monoisotopic (exact) mass is 361 g/mol. The Labute approximate surface area is 123 Å². The van der Waals surface area contributed by atoms with E-state index >= 15 is 0 Å². The molecule has 0 saturated heterocycles. The molecule has 1 N–H and O–H groups in total. The summed E-state index contributed by atoms with van der Waals surface area (Å²) in [5.74, 6) is -1.79. The zero-order chi connectivity index (χ0) is 14.9. The Morgan fingerprint density at radius 1 is 1.05 bits per heavy atom. The normalized spacial score (nSPS) is 11.4. The molecule has 0 heterocycles. The molecule has 106 valence electrons. The highest BCUT2D eigenvalue weighted by Crippen LogP contribution is 2.25. The molecule has 0 saturated carbocycles. The van der Waals surface area contributed by atoms with Gasteiger partial charge < -0.3 is 0 Å². The van der Waals surface area contributed by atoms with Crippen LogP contribution in [0.2, 0.25) is 0 Å². The van der Waals surface area contributed by atoms with Crippen molar-refractivity contribution in [3.05, 3.63) is 58.1 Å². The summed E-state index contributed by atoms with van der Waals surface area (Å²) in [7, 11) is -3.92. The summed E-state index contributed by atoms with van der Waals surface area (Å²) in [6.07, 6.45) is 0. The van der Waals surface area contributed by atoms with Gasteiger partial charge in [-0.3, -0.25) is 4.72 Å². The average molecular weight is 362 g/mol. The minimum absolute atomic E-state index is 0.00273. The topological polar surface area (TPSA) is 46.2 Å². The molecule has 0 unspecified atom stereocenters. The molecule has 0 radical (unpaired) electrons. The highest BCUT2D eigenvalue weighted by Gasteiger charge is 2.17. The van der Waals surface area contributed by atoms with Crippen LogP contribution < -0.4 is 4.72 Å². The van der Waals surface area contributed by atoms with Crippen molar-refractivity contribution >= 4 is 31.6 Å². The molecule has 0 spiro atoms. The second kappa shape index (κ2) is 5.49. The number of halogens is 3. The highest BCUT2D eigenvalue weighted by atomic mass is 79.9. The standard InChI is InChI=1S/C13H10BrF2NO2S/c1-8-2-4-9(5-3-8)20(18,19)17-13-6-10(14)11(15)7-12(13)16/h2-7,17H,1H3. The van der Waals surface area contributed by atoms with E-state index in [2.05, 4.69) is 20.7 Å². The van der Waals surface area contributed by atoms with E-state index in [0.717, 1.165) is 11.6 Å². The summed E-state index contributed by atoms with van der Waals surface area (Å²) in [4.78, 5) is 0.00273. The van der Waals surface area contributed by atoms with Gasteiger partial charge in [0.25, 0.3) is 10.0 Å². The van der Waals surface area contributed by atoms with Crippen molar-refractivity contribution < 1.29 is 17.2 Å². The average Bonchev–Trinajstić information content (AvgIpc) is 2.36. The first kappa shape index (κ1) is 14.9. The molecule has 7 heteroatoms. The van der Waals surface area contributed by atoms with E-state index in [1.807, 2.05) is 6.92 Å². The molecule has 0 aliphatic carbocycles. The number of anilines is 1. The van der Waals surface area contributed by atoms with Crippen molar-refractivity contribution in [3.8, 4) is 0 Å². The predicted molar refractivity (Wildman–Crippen MR) is 76.0 cm³/mol. The fraction of sp³-hybridized carbons (Fsp3) is 0.0769. The maximum atomic E-state index is 13.6. The van der Waals surface area contributed by atoms with E-state index in [1.165, 1.54) is 12.1 Å². The van der Waals surface area contributed by atoms with Crippen molar-refractivity contribution in [2.24, 2.45) is 0 Å². The van der Waals surface area contributed by atoms with Gasteiger partial charge >= 0.3 is 0 Å². The number of hydrogen-bond acceptors (Lipinski definition) is 2. The number of benzene rings is 2. The minimum Gasteiger partial charge on any atom is -0.277 e. The van der Waals surface area contributed by atoms with Crippen LogP contribution in [0.25, 0.3) is 0 Å². The lowest BCUT2D eigenvalue weighted by Gasteiger charge is -2.10. The smallest absolute Gasteiger partial charge is 0.261 e. The zero-order valence-electron chi connectivity index (χ0n) is 10.3. The number of rotatable bonds is 3. The minimum atomic E-state index is -3.92. The third kappa shape index (κ3) is 3.16. The first-order chi connectivity index (χ1) is 9.29. The summed E-state index contributed by atoms with van der Waals surface area (Å²) in [6, 6.07) is 7.73. The second-order valence-electron chi connectivity index (χ2n) is 4.16. The molecule has 3 nitrogen and oxygen atoms in total. The van der Waals surface area contributed by atoms with Gasteiger partial charge in [0.2, 0.25) is 0 Å². The molecule has 0 amide bonds. The Balaban J connectivity index is 2.38. The number of nitrogens with one attached hydrogen (secondary N) is 1. The summed E-state index contributed by atoms with van der Waals surface area (Å²) in [5, 5.41) is 0. The van der Waals surface area contributed by atoms with Crippen LogP contribution in [-0.4, -0.2) is 8.42 Å². The Hall–Kier alpha value is -1.47. The quantitative estimate of drug-likeness (QED) is 0.844. The van der Waals surface area contributed by atoms with E-state index in [4.69, 9.17) is 0 Å². The van der Waals surface area contributed by atoms with E-state index in [1.54, 1.807) is 12.1 Å². The molecule has 0 aliphatic rings. The van der Waals surface area contributed by atoms with Crippen molar-refractivity contribution in [1.29, 1.82) is 0 Å². The molecule has 0 aliphatic heterocycles. The maximum absolute atomic E-state index is 13.6. The van der Waals surface area contributed by atoms with Gasteiger partial charge in [-0.2, -0.15) is 0 Å². The molecule has 0 aromatic heterocycles. The molecule has 0 atom stereocenters. The third-order valence-electron chi connectivity index (χ3n) is 2.59. The van der Waals surface area contributed by atoms with Gasteiger partial charge in [0.05, 0.1) is 15.1 Å². The van der Waals surface area contributed by atoms with Crippen LogP contribution in [-0.2, 0) is 10.0 Å². The van der Waals surface area contributed by atoms with Crippen LogP contribution in [0.4, 0.5) is 14.5 Å². The van der Waals surface area contributed by atoms with E-state index in [-0.39, 0.29) is 15.1 Å². The fourth-order valence-electron chi connectivity index (χ4n) is 1.52. The van der Waals surface area contributed by atoms with Gasteiger partial charge in [0, 0.05) is 6.07 Å². The molecule has 0 bridgehead atoms. The van der Waals surface area contributed by atoms with Gasteiger partial charge in [-0.1, -0.05) is 17.7 Å². The van der Waals surface area contributed by atoms with Crippen molar-refractivity contribution in [2.75, 3.05) is 4.72 Å². The SMILES string of the molecule is Cc1ccc(S(=O)(=O)Nc2cc(Br)c(F)cc2F)cc1. The summed E-state index contributed by atoms with van der Waals surface area (Å²) < 4.78 is 52.9. The second-order valence-corrected chi connectivity index (χ2v) is 6.70. The molecular weight excluding hydrogens is 352 g/mol. The number of aryl methyl sites for hydroxylation is 1. The lowest BCUT2D eigenvalue weighted by atomic mass is 10.2. The van der Waals surface area contributed by atoms with Gasteiger partial charge in [-0.15, -0.1) is 0 Å². The van der Waals surface area contributed by atoms with Crippen molar-refractivity contribution in [1.82, 2.24) is 0 Å². The number of sulfonamides is 1. The van der Waals surface area contributed by atoms with Crippen molar-refractivity contribution in [3.63, 3.8) is 0 Å². The van der Waals surface area contributed by atoms with Crippen LogP contribution in [0.5, 0.6) is 0 Å². The number of hydrogen-bond donors (Lipinski definition) is 1. The highest BCUT2D eigenvalue weighted by molar-refractivity contribution is 9.10. The van der Waals surface area contributed by atoms with E-state index < -0.39 is 21.7 Å². The molecule has 2 aromatic carbocycles. The first-order valence-electron chi connectivity index (χ1n) is 5.53. The predicted octanol–water partition coefficient (Wildman–Crippen LogP) is 3.84. The summed E-state index contributed by atoms with van der Waals surface area (Å²) >= 11 is 2.88. The van der Waals surface area contributed by atoms with E-state index in [0.29, 0.717) is 6.07 Å². The molecule has 2 aromatic rings.